The summed E-state index contributed by atoms with van der Waals surface area (Å²) in [6.07, 6.45) is 0. The van der Waals surface area contributed by atoms with Gasteiger partial charge in [-0.25, -0.2) is 0 Å². The molecule has 0 saturated carbocycles. The monoisotopic (exact) mass is 194 g/mol. The molecule has 1 atom stereocenters. The molecule has 1 aliphatic heterocycles. The molecule has 1 amide bonds. The number of carbonyl (C=O) groups excluding carboxylic acids is 1. The van der Waals surface area contributed by atoms with Gasteiger partial charge >= 0.3 is 0 Å². The summed E-state index contributed by atoms with van der Waals surface area (Å²) in [5.41, 5.74) is 7.10. The molecule has 68 valence electrons. The van der Waals surface area contributed by atoms with E-state index >= 15 is 0 Å². The first-order valence-electron chi connectivity index (χ1n) is 4.04. The standard InChI is InChI=1S/C9H10N2OS/c1-5-9(12)11-7-4-6(10)2-3-8(7)13-5/h2-5H,10H2,1H3,(H,11,12)/t5-/m1/s1. The van der Waals surface area contributed by atoms with Crippen molar-refractivity contribution in [3.63, 3.8) is 0 Å². The summed E-state index contributed by atoms with van der Waals surface area (Å²) in [6, 6.07) is 5.56. The lowest BCUT2D eigenvalue weighted by atomic mass is 10.2. The predicted molar refractivity (Wildman–Crippen MR) is 54.8 cm³/mol. The lowest BCUT2D eigenvalue weighted by molar-refractivity contribution is -0.115. The molecule has 3 N–H and O–H groups in total. The number of carbonyl (C=O) groups is 1. The topological polar surface area (TPSA) is 55.1 Å². The molecule has 1 aromatic rings. The predicted octanol–water partition coefficient (Wildman–Crippen LogP) is 1.70. The summed E-state index contributed by atoms with van der Waals surface area (Å²) >= 11 is 1.56. The minimum absolute atomic E-state index is 0.0175. The molecule has 0 spiro atoms. The Morgan fingerprint density at radius 2 is 2.31 bits per heavy atom. The van der Waals surface area contributed by atoms with Crippen LogP contribution in [0, 0.1) is 0 Å². The highest BCUT2D eigenvalue weighted by molar-refractivity contribution is 8.00. The summed E-state index contributed by atoms with van der Waals surface area (Å²) < 4.78 is 0. The third-order valence-corrected chi connectivity index (χ3v) is 3.11. The van der Waals surface area contributed by atoms with Crippen molar-refractivity contribution in [3.05, 3.63) is 18.2 Å². The molecular weight excluding hydrogens is 184 g/mol. The molecule has 0 aromatic heterocycles. The quantitative estimate of drug-likeness (QED) is 0.618. The van der Waals surface area contributed by atoms with Gasteiger partial charge in [-0.05, 0) is 25.1 Å². The Morgan fingerprint density at radius 1 is 1.54 bits per heavy atom. The Balaban J connectivity index is 2.42. The van der Waals surface area contributed by atoms with Crippen molar-refractivity contribution in [2.75, 3.05) is 11.1 Å². The fourth-order valence-electron chi connectivity index (χ4n) is 1.23. The Kier molecular flexibility index (Phi) is 1.92. The lowest BCUT2D eigenvalue weighted by Crippen LogP contribution is -2.26. The summed E-state index contributed by atoms with van der Waals surface area (Å²) in [5.74, 6) is 0.0445. The van der Waals surface area contributed by atoms with E-state index in [2.05, 4.69) is 5.32 Å². The number of amides is 1. The van der Waals surface area contributed by atoms with Crippen LogP contribution in [0.5, 0.6) is 0 Å². The summed E-state index contributed by atoms with van der Waals surface area (Å²) in [4.78, 5) is 12.4. The molecule has 0 saturated heterocycles. The number of thioether (sulfide) groups is 1. The number of rotatable bonds is 0. The van der Waals surface area contributed by atoms with E-state index in [0.29, 0.717) is 5.69 Å². The van der Waals surface area contributed by atoms with Crippen molar-refractivity contribution < 1.29 is 4.79 Å². The van der Waals surface area contributed by atoms with Gasteiger partial charge in [0.2, 0.25) is 5.91 Å². The molecular formula is C9H10N2OS. The molecule has 0 fully saturated rings. The number of nitrogens with one attached hydrogen (secondary N) is 1. The molecule has 1 heterocycles. The molecule has 2 rings (SSSR count). The highest BCUT2D eigenvalue weighted by Gasteiger charge is 2.22. The van der Waals surface area contributed by atoms with Gasteiger partial charge in [0.15, 0.2) is 0 Å². The molecule has 4 heteroatoms. The van der Waals surface area contributed by atoms with Crippen molar-refractivity contribution in [2.24, 2.45) is 0 Å². The number of nitrogens with two attached hydrogens (primary N) is 1. The Labute approximate surface area is 80.7 Å². The normalized spacial score (nSPS) is 20.7. The molecule has 0 unspecified atom stereocenters. The van der Waals surface area contributed by atoms with Crippen LogP contribution in [-0.2, 0) is 4.79 Å². The number of anilines is 2. The van der Waals surface area contributed by atoms with E-state index in [-0.39, 0.29) is 11.2 Å². The van der Waals surface area contributed by atoms with E-state index in [9.17, 15) is 4.79 Å². The fourth-order valence-corrected chi connectivity index (χ4v) is 2.16. The van der Waals surface area contributed by atoms with E-state index in [0.717, 1.165) is 10.6 Å². The van der Waals surface area contributed by atoms with Crippen LogP contribution in [0.3, 0.4) is 0 Å². The zero-order valence-electron chi connectivity index (χ0n) is 7.20. The largest absolute Gasteiger partial charge is 0.399 e. The average molecular weight is 194 g/mol. The second-order valence-corrected chi connectivity index (χ2v) is 4.39. The van der Waals surface area contributed by atoms with Crippen LogP contribution in [0.2, 0.25) is 0 Å². The first-order chi connectivity index (χ1) is 6.16. The number of fused-ring (bicyclic) bond motifs is 1. The zero-order valence-corrected chi connectivity index (χ0v) is 8.02. The van der Waals surface area contributed by atoms with Crippen LogP contribution in [0.15, 0.2) is 23.1 Å². The highest BCUT2D eigenvalue weighted by Crippen LogP contribution is 2.36. The summed E-state index contributed by atoms with van der Waals surface area (Å²) in [6.45, 7) is 1.89. The third-order valence-electron chi connectivity index (χ3n) is 1.93. The van der Waals surface area contributed by atoms with Crippen molar-refractivity contribution in [3.8, 4) is 0 Å². The molecule has 0 bridgehead atoms. The minimum Gasteiger partial charge on any atom is -0.399 e. The first-order valence-corrected chi connectivity index (χ1v) is 4.92. The number of hydrogen-bond donors (Lipinski definition) is 2. The zero-order chi connectivity index (χ0) is 9.42. The van der Waals surface area contributed by atoms with Crippen LogP contribution in [0.25, 0.3) is 0 Å². The van der Waals surface area contributed by atoms with Gasteiger partial charge < -0.3 is 11.1 Å². The van der Waals surface area contributed by atoms with Gasteiger partial charge in [0.25, 0.3) is 0 Å². The van der Waals surface area contributed by atoms with Crippen LogP contribution < -0.4 is 11.1 Å². The van der Waals surface area contributed by atoms with Crippen LogP contribution in [0.4, 0.5) is 11.4 Å². The molecule has 3 nitrogen and oxygen atoms in total. The third kappa shape index (κ3) is 1.49. The molecule has 0 aliphatic carbocycles. The van der Waals surface area contributed by atoms with Gasteiger partial charge in [0, 0.05) is 10.6 Å². The van der Waals surface area contributed by atoms with Crippen LogP contribution >= 0.6 is 11.8 Å². The number of nitrogen functional groups attached to an aromatic ring is 1. The van der Waals surface area contributed by atoms with Crippen LogP contribution in [0.1, 0.15) is 6.92 Å². The van der Waals surface area contributed by atoms with Gasteiger partial charge in [-0.2, -0.15) is 0 Å². The Morgan fingerprint density at radius 3 is 3.08 bits per heavy atom. The van der Waals surface area contributed by atoms with Gasteiger partial charge in [0.05, 0.1) is 10.9 Å². The van der Waals surface area contributed by atoms with Crippen molar-refractivity contribution in [2.45, 2.75) is 17.1 Å². The van der Waals surface area contributed by atoms with E-state index in [4.69, 9.17) is 5.73 Å². The maximum absolute atomic E-state index is 11.3. The van der Waals surface area contributed by atoms with Gasteiger partial charge in [0.1, 0.15) is 0 Å². The van der Waals surface area contributed by atoms with Gasteiger partial charge in [-0.15, -0.1) is 11.8 Å². The fraction of sp³-hybridized carbons (Fsp3) is 0.222. The van der Waals surface area contributed by atoms with E-state index in [1.165, 1.54) is 0 Å². The van der Waals surface area contributed by atoms with Crippen LogP contribution in [-0.4, -0.2) is 11.2 Å². The smallest absolute Gasteiger partial charge is 0.237 e. The minimum atomic E-state index is -0.0175. The lowest BCUT2D eigenvalue weighted by Gasteiger charge is -2.21. The van der Waals surface area contributed by atoms with Crippen molar-refractivity contribution >= 4 is 29.0 Å². The van der Waals surface area contributed by atoms with Gasteiger partial charge in [-0.1, -0.05) is 0 Å². The van der Waals surface area contributed by atoms with Crippen molar-refractivity contribution in [1.29, 1.82) is 0 Å². The molecule has 1 aliphatic rings. The number of hydrogen-bond acceptors (Lipinski definition) is 3. The molecule has 1 aromatic carbocycles. The van der Waals surface area contributed by atoms with E-state index < -0.39 is 0 Å². The van der Waals surface area contributed by atoms with E-state index in [1.54, 1.807) is 17.8 Å². The summed E-state index contributed by atoms with van der Waals surface area (Å²) in [7, 11) is 0. The van der Waals surface area contributed by atoms with Gasteiger partial charge in [-0.3, -0.25) is 4.79 Å². The molecule has 13 heavy (non-hydrogen) atoms. The van der Waals surface area contributed by atoms with Crippen molar-refractivity contribution in [1.82, 2.24) is 0 Å². The Bertz CT molecular complexity index is 365. The second-order valence-electron chi connectivity index (χ2n) is 3.00. The number of benzene rings is 1. The molecule has 0 radical (unpaired) electrons. The average Bonchev–Trinajstić information content (AvgIpc) is 2.08. The SMILES string of the molecule is C[C@H]1Sc2ccc(N)cc2NC1=O. The maximum atomic E-state index is 11.3. The van der Waals surface area contributed by atoms with E-state index in [1.807, 2.05) is 19.1 Å². The second kappa shape index (κ2) is 2.96. The first kappa shape index (κ1) is 8.44. The maximum Gasteiger partial charge on any atom is 0.237 e. The summed E-state index contributed by atoms with van der Waals surface area (Å²) in [5, 5.41) is 2.79. The Hall–Kier alpha value is -1.16. The highest BCUT2D eigenvalue weighted by atomic mass is 32.2.